The summed E-state index contributed by atoms with van der Waals surface area (Å²) in [5, 5.41) is 2.72. The second kappa shape index (κ2) is 8.57. The molecule has 0 aliphatic heterocycles. The van der Waals surface area contributed by atoms with Gasteiger partial charge in [0.2, 0.25) is 0 Å². The van der Waals surface area contributed by atoms with Crippen LogP contribution in [0.5, 0.6) is 17.2 Å². The van der Waals surface area contributed by atoms with Crippen LogP contribution in [0.2, 0.25) is 0 Å². The molecule has 6 nitrogen and oxygen atoms in total. The maximum Gasteiger partial charge on any atom is 0.262 e. The van der Waals surface area contributed by atoms with E-state index in [0.717, 1.165) is 0 Å². The van der Waals surface area contributed by atoms with E-state index >= 15 is 0 Å². The number of carbonyl (C=O) groups is 2. The molecule has 2 rings (SSSR count). The summed E-state index contributed by atoms with van der Waals surface area (Å²) in [6.07, 6.45) is 0.653. The molecule has 0 aliphatic carbocycles. The van der Waals surface area contributed by atoms with Crippen molar-refractivity contribution in [1.82, 2.24) is 0 Å². The van der Waals surface area contributed by atoms with Crippen molar-refractivity contribution in [2.45, 2.75) is 6.92 Å². The second-order valence-electron chi connectivity index (χ2n) is 4.76. The van der Waals surface area contributed by atoms with E-state index in [4.69, 9.17) is 14.2 Å². The SMILES string of the molecule is CCOc1ccccc1NC(=O)COc1c(C=O)cccc1OC. The van der Waals surface area contributed by atoms with Gasteiger partial charge in [0, 0.05) is 0 Å². The van der Waals surface area contributed by atoms with Crippen LogP contribution in [-0.2, 0) is 4.79 Å². The van der Waals surface area contributed by atoms with E-state index in [1.54, 1.807) is 36.4 Å². The minimum atomic E-state index is -0.370. The molecular weight excluding hydrogens is 310 g/mol. The van der Waals surface area contributed by atoms with Crippen LogP contribution < -0.4 is 19.5 Å². The first-order chi connectivity index (χ1) is 11.7. The fourth-order valence-corrected chi connectivity index (χ4v) is 2.12. The maximum atomic E-state index is 12.1. The van der Waals surface area contributed by atoms with Gasteiger partial charge in [-0.1, -0.05) is 18.2 Å². The molecule has 0 aliphatic rings. The molecule has 0 saturated heterocycles. The lowest BCUT2D eigenvalue weighted by Crippen LogP contribution is -2.21. The lowest BCUT2D eigenvalue weighted by Gasteiger charge is -2.14. The molecule has 2 aromatic carbocycles. The maximum absolute atomic E-state index is 12.1. The van der Waals surface area contributed by atoms with Crippen LogP contribution in [0.25, 0.3) is 0 Å². The summed E-state index contributed by atoms with van der Waals surface area (Å²) in [7, 11) is 1.47. The minimum Gasteiger partial charge on any atom is -0.493 e. The number of methoxy groups -OCH3 is 1. The fourth-order valence-electron chi connectivity index (χ4n) is 2.12. The Morgan fingerprint density at radius 2 is 1.83 bits per heavy atom. The number of amides is 1. The third-order valence-electron chi connectivity index (χ3n) is 3.16. The average Bonchev–Trinajstić information content (AvgIpc) is 2.61. The Morgan fingerprint density at radius 1 is 1.08 bits per heavy atom. The molecular formula is C18H19NO5. The molecule has 0 fully saturated rings. The molecule has 2 aromatic rings. The Balaban J connectivity index is 2.06. The summed E-state index contributed by atoms with van der Waals surface area (Å²) in [6.45, 7) is 2.10. The predicted molar refractivity (Wildman–Crippen MR) is 90.1 cm³/mol. The number of carbonyl (C=O) groups excluding carboxylic acids is 2. The molecule has 1 N–H and O–H groups in total. The van der Waals surface area contributed by atoms with Crippen LogP contribution >= 0.6 is 0 Å². The Morgan fingerprint density at radius 3 is 2.54 bits per heavy atom. The quantitative estimate of drug-likeness (QED) is 0.754. The molecule has 126 valence electrons. The molecule has 0 bridgehead atoms. The van der Waals surface area contributed by atoms with E-state index in [0.29, 0.717) is 35.6 Å². The van der Waals surface area contributed by atoms with Gasteiger partial charge in [-0.2, -0.15) is 0 Å². The molecule has 0 aromatic heterocycles. The van der Waals surface area contributed by atoms with Crippen molar-refractivity contribution < 1.29 is 23.8 Å². The van der Waals surface area contributed by atoms with Crippen LogP contribution in [0.1, 0.15) is 17.3 Å². The molecule has 0 heterocycles. The largest absolute Gasteiger partial charge is 0.493 e. The zero-order valence-corrected chi connectivity index (χ0v) is 13.6. The van der Waals surface area contributed by atoms with Crippen molar-refractivity contribution in [1.29, 1.82) is 0 Å². The number of hydrogen-bond acceptors (Lipinski definition) is 5. The third kappa shape index (κ3) is 4.25. The monoisotopic (exact) mass is 329 g/mol. The van der Waals surface area contributed by atoms with Gasteiger partial charge in [-0.25, -0.2) is 0 Å². The van der Waals surface area contributed by atoms with E-state index in [9.17, 15) is 9.59 Å². The van der Waals surface area contributed by atoms with Gasteiger partial charge < -0.3 is 19.5 Å². The van der Waals surface area contributed by atoms with Crippen LogP contribution in [0, 0.1) is 0 Å². The molecule has 6 heteroatoms. The van der Waals surface area contributed by atoms with Crippen molar-refractivity contribution in [2.75, 3.05) is 25.6 Å². The summed E-state index contributed by atoms with van der Waals surface area (Å²) in [4.78, 5) is 23.2. The molecule has 0 spiro atoms. The zero-order valence-electron chi connectivity index (χ0n) is 13.6. The first-order valence-electron chi connectivity index (χ1n) is 7.46. The Kier molecular flexibility index (Phi) is 6.19. The average molecular weight is 329 g/mol. The molecule has 24 heavy (non-hydrogen) atoms. The number of anilines is 1. The minimum absolute atomic E-state index is 0.239. The van der Waals surface area contributed by atoms with Crippen LogP contribution in [-0.4, -0.2) is 32.5 Å². The Hall–Kier alpha value is -3.02. The number of ether oxygens (including phenoxy) is 3. The van der Waals surface area contributed by atoms with Crippen LogP contribution in [0.4, 0.5) is 5.69 Å². The van der Waals surface area contributed by atoms with Crippen molar-refractivity contribution in [3.8, 4) is 17.2 Å². The van der Waals surface area contributed by atoms with Gasteiger partial charge in [-0.05, 0) is 31.2 Å². The van der Waals surface area contributed by atoms with E-state index in [1.807, 2.05) is 13.0 Å². The topological polar surface area (TPSA) is 73.9 Å². The normalized spacial score (nSPS) is 9.92. The molecule has 0 saturated carbocycles. The highest BCUT2D eigenvalue weighted by molar-refractivity contribution is 5.93. The number of rotatable bonds is 8. The summed E-state index contributed by atoms with van der Waals surface area (Å²) < 4.78 is 16.1. The Bertz CT molecular complexity index is 714. The van der Waals surface area contributed by atoms with Gasteiger partial charge in [-0.3, -0.25) is 9.59 Å². The van der Waals surface area contributed by atoms with E-state index in [-0.39, 0.29) is 18.3 Å². The zero-order chi connectivity index (χ0) is 17.4. The van der Waals surface area contributed by atoms with Crippen LogP contribution in [0.3, 0.4) is 0 Å². The fraction of sp³-hybridized carbons (Fsp3) is 0.222. The van der Waals surface area contributed by atoms with Crippen LogP contribution in [0.15, 0.2) is 42.5 Å². The van der Waals surface area contributed by atoms with Gasteiger partial charge >= 0.3 is 0 Å². The highest BCUT2D eigenvalue weighted by Gasteiger charge is 2.13. The lowest BCUT2D eigenvalue weighted by atomic mass is 10.2. The lowest BCUT2D eigenvalue weighted by molar-refractivity contribution is -0.118. The smallest absolute Gasteiger partial charge is 0.262 e. The first kappa shape index (κ1) is 17.3. The van der Waals surface area contributed by atoms with E-state index in [2.05, 4.69) is 5.32 Å². The van der Waals surface area contributed by atoms with Gasteiger partial charge in [-0.15, -0.1) is 0 Å². The Labute approximate surface area is 140 Å². The first-order valence-corrected chi connectivity index (χ1v) is 7.46. The summed E-state index contributed by atoms with van der Waals surface area (Å²) in [6, 6.07) is 12.0. The van der Waals surface area contributed by atoms with Gasteiger partial charge in [0.15, 0.2) is 24.4 Å². The predicted octanol–water partition coefficient (Wildman–Crippen LogP) is 2.92. The number of nitrogens with one attached hydrogen (secondary N) is 1. The van der Waals surface area contributed by atoms with E-state index in [1.165, 1.54) is 7.11 Å². The third-order valence-corrected chi connectivity index (χ3v) is 3.16. The van der Waals surface area contributed by atoms with Gasteiger partial charge in [0.25, 0.3) is 5.91 Å². The number of aldehydes is 1. The van der Waals surface area contributed by atoms with E-state index < -0.39 is 0 Å². The number of para-hydroxylation sites is 3. The molecule has 0 unspecified atom stereocenters. The number of hydrogen-bond donors (Lipinski definition) is 1. The summed E-state index contributed by atoms with van der Waals surface area (Å²) in [5.74, 6) is 0.842. The van der Waals surface area contributed by atoms with Crippen molar-refractivity contribution >= 4 is 17.9 Å². The highest BCUT2D eigenvalue weighted by atomic mass is 16.5. The molecule has 0 radical (unpaired) electrons. The second-order valence-corrected chi connectivity index (χ2v) is 4.76. The van der Waals surface area contributed by atoms with Gasteiger partial charge in [0.05, 0.1) is 25.0 Å². The number of benzene rings is 2. The molecule has 1 amide bonds. The molecule has 0 atom stereocenters. The summed E-state index contributed by atoms with van der Waals surface area (Å²) >= 11 is 0. The standard InChI is InChI=1S/C18H19NO5/c1-3-23-15-9-5-4-8-14(15)19-17(21)12-24-18-13(11-20)7-6-10-16(18)22-2/h4-11H,3,12H2,1-2H3,(H,19,21). The van der Waals surface area contributed by atoms with Crippen molar-refractivity contribution in [3.63, 3.8) is 0 Å². The van der Waals surface area contributed by atoms with Gasteiger partial charge in [0.1, 0.15) is 5.75 Å². The van der Waals surface area contributed by atoms with Crippen molar-refractivity contribution in [2.24, 2.45) is 0 Å². The van der Waals surface area contributed by atoms with Crippen molar-refractivity contribution in [3.05, 3.63) is 48.0 Å². The highest BCUT2D eigenvalue weighted by Crippen LogP contribution is 2.30. The summed E-state index contributed by atoms with van der Waals surface area (Å²) in [5.41, 5.74) is 0.875.